The van der Waals surface area contributed by atoms with Crippen molar-refractivity contribution in [2.75, 3.05) is 6.54 Å². The fourth-order valence-corrected chi connectivity index (χ4v) is 2.29. The molecule has 82 valence electrons. The Balaban J connectivity index is 1.68. The third-order valence-electron chi connectivity index (χ3n) is 3.34. The lowest BCUT2D eigenvalue weighted by Gasteiger charge is -2.43. The molecule has 0 atom stereocenters. The Bertz CT molecular complexity index is 183. The van der Waals surface area contributed by atoms with Crippen LogP contribution in [0, 0.1) is 0 Å². The minimum atomic E-state index is 0.246. The van der Waals surface area contributed by atoms with E-state index in [1.54, 1.807) is 0 Å². The number of rotatable bonds is 6. The van der Waals surface area contributed by atoms with Gasteiger partial charge in [-0.3, -0.25) is 0 Å². The summed E-state index contributed by atoms with van der Waals surface area (Å²) in [5, 5.41) is 3.57. The maximum Gasteiger partial charge on any atom is 0.0698 e. The molecule has 2 rings (SSSR count). The summed E-state index contributed by atoms with van der Waals surface area (Å²) in [6.45, 7) is 5.44. The summed E-state index contributed by atoms with van der Waals surface area (Å²) in [6.07, 6.45) is 8.28. The highest BCUT2D eigenvalue weighted by molar-refractivity contribution is 4.92. The first kappa shape index (κ1) is 10.4. The maximum atomic E-state index is 6.04. The molecule has 2 aliphatic carbocycles. The zero-order valence-corrected chi connectivity index (χ0v) is 9.51. The van der Waals surface area contributed by atoms with Crippen LogP contribution in [0.3, 0.4) is 0 Å². The van der Waals surface area contributed by atoms with E-state index in [1.165, 1.54) is 38.5 Å². The zero-order chi connectivity index (χ0) is 10.0. The third kappa shape index (κ3) is 2.71. The summed E-state index contributed by atoms with van der Waals surface area (Å²) in [5.74, 6) is 0. The molecule has 0 aromatic heterocycles. The van der Waals surface area contributed by atoms with Gasteiger partial charge >= 0.3 is 0 Å². The smallest absolute Gasteiger partial charge is 0.0698 e. The predicted molar refractivity (Wildman–Crippen MR) is 58.4 cm³/mol. The molecule has 0 bridgehead atoms. The van der Waals surface area contributed by atoms with Crippen molar-refractivity contribution >= 4 is 0 Å². The van der Waals surface area contributed by atoms with Crippen molar-refractivity contribution in [2.24, 2.45) is 0 Å². The van der Waals surface area contributed by atoms with Gasteiger partial charge in [-0.05, 0) is 58.9 Å². The van der Waals surface area contributed by atoms with Crippen LogP contribution in [0.1, 0.15) is 52.4 Å². The van der Waals surface area contributed by atoms with Crippen LogP contribution in [0.2, 0.25) is 0 Å². The van der Waals surface area contributed by atoms with Gasteiger partial charge in [-0.2, -0.15) is 0 Å². The minimum absolute atomic E-state index is 0.246. The van der Waals surface area contributed by atoms with Crippen molar-refractivity contribution in [1.82, 2.24) is 5.32 Å². The fraction of sp³-hybridized carbons (Fsp3) is 1.00. The Morgan fingerprint density at radius 3 is 2.50 bits per heavy atom. The van der Waals surface area contributed by atoms with Gasteiger partial charge in [0.2, 0.25) is 0 Å². The lowest BCUT2D eigenvalue weighted by Crippen LogP contribution is -2.44. The van der Waals surface area contributed by atoms with Gasteiger partial charge in [0.25, 0.3) is 0 Å². The standard InChI is InChI=1S/C12H23NO/c1-10(2)14-12(6-3-7-12)8-9-13-11-4-5-11/h10-11,13H,3-9H2,1-2H3. The Morgan fingerprint density at radius 1 is 1.36 bits per heavy atom. The highest BCUT2D eigenvalue weighted by Crippen LogP contribution is 2.39. The summed E-state index contributed by atoms with van der Waals surface area (Å²) in [4.78, 5) is 0. The van der Waals surface area contributed by atoms with Gasteiger partial charge in [0.05, 0.1) is 11.7 Å². The SMILES string of the molecule is CC(C)OC1(CCNC2CC2)CCC1. The first-order chi connectivity index (χ1) is 6.70. The molecule has 0 unspecified atom stereocenters. The summed E-state index contributed by atoms with van der Waals surface area (Å²) in [6, 6.07) is 0.839. The Hall–Kier alpha value is -0.0800. The molecular formula is C12H23NO. The molecule has 2 heteroatoms. The van der Waals surface area contributed by atoms with Gasteiger partial charge in [0, 0.05) is 6.04 Å². The van der Waals surface area contributed by atoms with Crippen LogP contribution in [-0.2, 0) is 4.74 Å². The molecule has 0 amide bonds. The van der Waals surface area contributed by atoms with Crippen molar-refractivity contribution in [3.05, 3.63) is 0 Å². The summed E-state index contributed by atoms with van der Waals surface area (Å²) < 4.78 is 6.04. The topological polar surface area (TPSA) is 21.3 Å². The van der Waals surface area contributed by atoms with Crippen molar-refractivity contribution in [2.45, 2.75) is 70.1 Å². The van der Waals surface area contributed by atoms with E-state index in [0.717, 1.165) is 12.6 Å². The molecule has 0 spiro atoms. The van der Waals surface area contributed by atoms with Crippen molar-refractivity contribution in [3.8, 4) is 0 Å². The molecule has 2 saturated carbocycles. The molecule has 0 aromatic rings. The van der Waals surface area contributed by atoms with E-state index in [9.17, 15) is 0 Å². The Morgan fingerprint density at radius 2 is 2.07 bits per heavy atom. The molecule has 1 N–H and O–H groups in total. The van der Waals surface area contributed by atoms with Crippen LogP contribution in [0.5, 0.6) is 0 Å². The first-order valence-corrected chi connectivity index (χ1v) is 6.11. The number of nitrogens with one attached hydrogen (secondary N) is 1. The Labute approximate surface area is 87.4 Å². The van der Waals surface area contributed by atoms with Gasteiger partial charge in [-0.25, -0.2) is 0 Å². The van der Waals surface area contributed by atoms with Crippen LogP contribution >= 0.6 is 0 Å². The third-order valence-corrected chi connectivity index (χ3v) is 3.34. The normalized spacial score (nSPS) is 25.1. The first-order valence-electron chi connectivity index (χ1n) is 6.11. The van der Waals surface area contributed by atoms with E-state index < -0.39 is 0 Å². The second-order valence-electron chi connectivity index (χ2n) is 5.18. The van der Waals surface area contributed by atoms with Gasteiger partial charge in [0.1, 0.15) is 0 Å². The van der Waals surface area contributed by atoms with Crippen LogP contribution in [-0.4, -0.2) is 24.3 Å². The molecule has 2 aliphatic rings. The molecule has 14 heavy (non-hydrogen) atoms. The molecule has 2 fully saturated rings. The van der Waals surface area contributed by atoms with Gasteiger partial charge in [-0.1, -0.05) is 0 Å². The van der Waals surface area contributed by atoms with Crippen LogP contribution in [0.15, 0.2) is 0 Å². The van der Waals surface area contributed by atoms with E-state index >= 15 is 0 Å². The maximum absolute atomic E-state index is 6.04. The van der Waals surface area contributed by atoms with Crippen molar-refractivity contribution < 1.29 is 4.74 Å². The number of ether oxygens (including phenoxy) is 1. The molecule has 0 aromatic carbocycles. The molecule has 0 aliphatic heterocycles. The van der Waals surface area contributed by atoms with Crippen LogP contribution in [0.4, 0.5) is 0 Å². The predicted octanol–water partition coefficient (Wildman–Crippen LogP) is 2.48. The van der Waals surface area contributed by atoms with Crippen LogP contribution in [0.25, 0.3) is 0 Å². The lowest BCUT2D eigenvalue weighted by molar-refractivity contribution is -0.131. The van der Waals surface area contributed by atoms with E-state index in [-0.39, 0.29) is 5.60 Å². The highest BCUT2D eigenvalue weighted by atomic mass is 16.5. The molecule has 0 radical (unpaired) electrons. The second kappa shape index (κ2) is 4.19. The van der Waals surface area contributed by atoms with E-state index in [4.69, 9.17) is 4.74 Å². The summed E-state index contributed by atoms with van der Waals surface area (Å²) >= 11 is 0. The summed E-state index contributed by atoms with van der Waals surface area (Å²) in [5.41, 5.74) is 0.246. The number of hydrogen-bond acceptors (Lipinski definition) is 2. The van der Waals surface area contributed by atoms with E-state index in [1.807, 2.05) is 0 Å². The largest absolute Gasteiger partial charge is 0.372 e. The molecular weight excluding hydrogens is 174 g/mol. The van der Waals surface area contributed by atoms with Crippen LogP contribution < -0.4 is 5.32 Å². The van der Waals surface area contributed by atoms with Gasteiger partial charge < -0.3 is 10.1 Å². The Kier molecular flexibility index (Phi) is 3.13. The molecule has 0 heterocycles. The minimum Gasteiger partial charge on any atom is -0.372 e. The summed E-state index contributed by atoms with van der Waals surface area (Å²) in [7, 11) is 0. The molecule has 0 saturated heterocycles. The van der Waals surface area contributed by atoms with Crippen molar-refractivity contribution in [3.63, 3.8) is 0 Å². The fourth-order valence-electron chi connectivity index (χ4n) is 2.29. The van der Waals surface area contributed by atoms with Gasteiger partial charge in [0.15, 0.2) is 0 Å². The van der Waals surface area contributed by atoms with Crippen molar-refractivity contribution in [1.29, 1.82) is 0 Å². The van der Waals surface area contributed by atoms with E-state index in [2.05, 4.69) is 19.2 Å². The average Bonchev–Trinajstić information content (AvgIpc) is 2.82. The van der Waals surface area contributed by atoms with Gasteiger partial charge in [-0.15, -0.1) is 0 Å². The van der Waals surface area contributed by atoms with E-state index in [0.29, 0.717) is 6.10 Å². The average molecular weight is 197 g/mol. The quantitative estimate of drug-likeness (QED) is 0.706. The highest BCUT2D eigenvalue weighted by Gasteiger charge is 2.38. The number of hydrogen-bond donors (Lipinski definition) is 1. The lowest BCUT2D eigenvalue weighted by atomic mass is 9.77. The molecule has 2 nitrogen and oxygen atoms in total. The monoisotopic (exact) mass is 197 g/mol. The second-order valence-corrected chi connectivity index (χ2v) is 5.18. The zero-order valence-electron chi connectivity index (χ0n) is 9.51.